The average molecular weight is 416 g/mol. The van der Waals surface area contributed by atoms with Crippen LogP contribution in [0.4, 0.5) is 0 Å². The van der Waals surface area contributed by atoms with Gasteiger partial charge in [0.25, 0.3) is 0 Å². The summed E-state index contributed by atoms with van der Waals surface area (Å²) in [7, 11) is 1.61. The monoisotopic (exact) mass is 415 g/mol. The lowest BCUT2D eigenvalue weighted by molar-refractivity contribution is -0.141. The molecule has 4 rings (SSSR count). The number of hydrogen-bond acceptors (Lipinski definition) is 5. The van der Waals surface area contributed by atoms with Crippen molar-refractivity contribution in [2.75, 3.05) is 46.5 Å². The van der Waals surface area contributed by atoms with Crippen molar-refractivity contribution < 1.29 is 19.1 Å². The van der Waals surface area contributed by atoms with Crippen LogP contribution >= 0.6 is 0 Å². The van der Waals surface area contributed by atoms with Gasteiger partial charge in [-0.15, -0.1) is 0 Å². The molecule has 3 aliphatic rings. The number of likely N-dealkylation sites (N-methyl/N-ethyl adjacent to an activating group) is 1. The largest absolute Gasteiger partial charge is 0.493 e. The Hall–Kier alpha value is -2.12. The molecule has 3 heterocycles. The van der Waals surface area contributed by atoms with E-state index >= 15 is 0 Å². The first-order chi connectivity index (χ1) is 14.6. The first-order valence-electron chi connectivity index (χ1n) is 11.1. The van der Waals surface area contributed by atoms with Gasteiger partial charge in [-0.2, -0.15) is 0 Å². The van der Waals surface area contributed by atoms with E-state index in [1.807, 2.05) is 6.92 Å². The van der Waals surface area contributed by atoms with Crippen LogP contribution in [-0.4, -0.2) is 74.2 Å². The molecule has 7 heteroatoms. The predicted molar refractivity (Wildman–Crippen MR) is 113 cm³/mol. The number of nitrogens with one attached hydrogen (secondary N) is 1. The molecule has 3 aliphatic heterocycles. The SMILES string of the molecule is CCN1C(=O)C2(CCN(Cc3ccc4c(c3)CCO4)CC2)CC1C(=O)NCCOC. The second kappa shape index (κ2) is 8.94. The van der Waals surface area contributed by atoms with Crippen LogP contribution in [0.1, 0.15) is 37.3 Å². The lowest BCUT2D eigenvalue weighted by atomic mass is 9.76. The zero-order valence-corrected chi connectivity index (χ0v) is 18.1. The second-order valence-electron chi connectivity index (χ2n) is 8.69. The molecule has 1 N–H and O–H groups in total. The van der Waals surface area contributed by atoms with Crippen molar-refractivity contribution in [3.05, 3.63) is 29.3 Å². The maximum Gasteiger partial charge on any atom is 0.242 e. The third-order valence-corrected chi connectivity index (χ3v) is 6.90. The molecule has 164 valence electrons. The quantitative estimate of drug-likeness (QED) is 0.685. The predicted octanol–water partition coefficient (Wildman–Crippen LogP) is 1.59. The second-order valence-corrected chi connectivity index (χ2v) is 8.69. The summed E-state index contributed by atoms with van der Waals surface area (Å²) in [5.41, 5.74) is 2.22. The Morgan fingerprint density at radius 2 is 2.13 bits per heavy atom. The summed E-state index contributed by atoms with van der Waals surface area (Å²) in [5.74, 6) is 1.12. The van der Waals surface area contributed by atoms with Gasteiger partial charge in [-0.1, -0.05) is 12.1 Å². The van der Waals surface area contributed by atoms with Gasteiger partial charge in [0.05, 0.1) is 18.6 Å². The zero-order chi connectivity index (χ0) is 21.1. The van der Waals surface area contributed by atoms with Crippen LogP contribution in [0.2, 0.25) is 0 Å². The molecular weight excluding hydrogens is 382 g/mol. The Kier molecular flexibility index (Phi) is 6.29. The van der Waals surface area contributed by atoms with Crippen LogP contribution < -0.4 is 10.1 Å². The summed E-state index contributed by atoms with van der Waals surface area (Å²) in [6.07, 6.45) is 3.25. The number of hydrogen-bond donors (Lipinski definition) is 1. The number of amides is 2. The molecule has 0 radical (unpaired) electrons. The molecule has 1 unspecified atom stereocenters. The van der Waals surface area contributed by atoms with Crippen molar-refractivity contribution in [1.29, 1.82) is 0 Å². The van der Waals surface area contributed by atoms with Crippen molar-refractivity contribution in [2.45, 2.75) is 45.2 Å². The van der Waals surface area contributed by atoms with Gasteiger partial charge in [0, 0.05) is 33.2 Å². The number of fused-ring (bicyclic) bond motifs is 1. The summed E-state index contributed by atoms with van der Waals surface area (Å²) < 4.78 is 10.6. The molecule has 2 amide bonds. The summed E-state index contributed by atoms with van der Waals surface area (Å²) in [6.45, 7) is 6.93. The minimum Gasteiger partial charge on any atom is -0.493 e. The number of likely N-dealkylation sites (tertiary alicyclic amines) is 2. The van der Waals surface area contributed by atoms with Gasteiger partial charge in [0.15, 0.2) is 0 Å². The van der Waals surface area contributed by atoms with Crippen molar-refractivity contribution in [3.63, 3.8) is 0 Å². The first kappa shape index (κ1) is 21.1. The van der Waals surface area contributed by atoms with E-state index in [-0.39, 0.29) is 23.3 Å². The molecule has 0 saturated carbocycles. The molecule has 0 aliphatic carbocycles. The van der Waals surface area contributed by atoms with E-state index in [0.717, 1.165) is 51.3 Å². The van der Waals surface area contributed by atoms with Crippen LogP contribution in [-0.2, 0) is 27.3 Å². The van der Waals surface area contributed by atoms with E-state index in [2.05, 4.69) is 28.4 Å². The normalized spacial score (nSPS) is 22.9. The summed E-state index contributed by atoms with van der Waals surface area (Å²) in [4.78, 5) is 30.1. The highest BCUT2D eigenvalue weighted by Crippen LogP contribution is 2.44. The molecule has 1 aromatic rings. The third-order valence-electron chi connectivity index (χ3n) is 6.90. The fraction of sp³-hybridized carbons (Fsp3) is 0.652. The van der Waals surface area contributed by atoms with Gasteiger partial charge in [0.2, 0.25) is 11.8 Å². The zero-order valence-electron chi connectivity index (χ0n) is 18.1. The standard InChI is InChI=1S/C23H33N3O4/c1-3-26-19(21(27)24-9-13-29-2)15-23(22(26)28)7-10-25(11-8-23)16-17-4-5-20-18(14-17)6-12-30-20/h4-5,14,19H,3,6-13,15-16H2,1-2H3,(H,24,27). The first-order valence-corrected chi connectivity index (χ1v) is 11.1. The Morgan fingerprint density at radius 3 is 2.87 bits per heavy atom. The van der Waals surface area contributed by atoms with Gasteiger partial charge >= 0.3 is 0 Å². The van der Waals surface area contributed by atoms with E-state index in [9.17, 15) is 9.59 Å². The maximum atomic E-state index is 13.2. The van der Waals surface area contributed by atoms with Crippen LogP contribution in [0.15, 0.2) is 18.2 Å². The van der Waals surface area contributed by atoms with E-state index in [1.54, 1.807) is 12.0 Å². The molecule has 0 bridgehead atoms. The highest BCUT2D eigenvalue weighted by molar-refractivity contribution is 5.94. The van der Waals surface area contributed by atoms with E-state index in [1.165, 1.54) is 11.1 Å². The number of methoxy groups -OCH3 is 1. The number of rotatable bonds is 7. The molecule has 7 nitrogen and oxygen atoms in total. The molecule has 1 atom stereocenters. The Labute approximate surface area is 178 Å². The lowest BCUT2D eigenvalue weighted by Crippen LogP contribution is -2.46. The highest BCUT2D eigenvalue weighted by atomic mass is 16.5. The Balaban J connectivity index is 1.36. The van der Waals surface area contributed by atoms with E-state index in [4.69, 9.17) is 9.47 Å². The van der Waals surface area contributed by atoms with E-state index in [0.29, 0.717) is 26.1 Å². The van der Waals surface area contributed by atoms with Gasteiger partial charge < -0.3 is 19.7 Å². The Morgan fingerprint density at radius 1 is 1.33 bits per heavy atom. The van der Waals surface area contributed by atoms with Gasteiger partial charge in [-0.05, 0) is 56.5 Å². The fourth-order valence-electron chi connectivity index (χ4n) is 5.16. The topological polar surface area (TPSA) is 71.1 Å². The maximum absolute atomic E-state index is 13.2. The third kappa shape index (κ3) is 4.05. The van der Waals surface area contributed by atoms with Gasteiger partial charge in [0.1, 0.15) is 11.8 Å². The smallest absolute Gasteiger partial charge is 0.242 e. The van der Waals surface area contributed by atoms with E-state index < -0.39 is 0 Å². The van der Waals surface area contributed by atoms with Crippen molar-refractivity contribution in [1.82, 2.24) is 15.1 Å². The summed E-state index contributed by atoms with van der Waals surface area (Å²) >= 11 is 0. The molecule has 1 aromatic carbocycles. The van der Waals surface area contributed by atoms with Crippen molar-refractivity contribution in [3.8, 4) is 5.75 Å². The Bertz CT molecular complexity index is 789. The van der Waals surface area contributed by atoms with Crippen molar-refractivity contribution in [2.24, 2.45) is 5.41 Å². The molecular formula is C23H33N3O4. The lowest BCUT2D eigenvalue weighted by Gasteiger charge is -2.38. The number of nitrogens with zero attached hydrogens (tertiary/aromatic N) is 2. The molecule has 1 spiro atoms. The van der Waals surface area contributed by atoms with Gasteiger partial charge in [-0.3, -0.25) is 14.5 Å². The number of carbonyl (C=O) groups excluding carboxylic acids is 2. The minimum atomic E-state index is -0.387. The molecule has 2 fully saturated rings. The van der Waals surface area contributed by atoms with Crippen LogP contribution in [0.3, 0.4) is 0 Å². The average Bonchev–Trinajstić information content (AvgIpc) is 3.32. The number of piperidine rings is 1. The molecule has 30 heavy (non-hydrogen) atoms. The highest BCUT2D eigenvalue weighted by Gasteiger charge is 2.53. The number of carbonyl (C=O) groups is 2. The van der Waals surface area contributed by atoms with Crippen LogP contribution in [0.25, 0.3) is 0 Å². The van der Waals surface area contributed by atoms with Crippen molar-refractivity contribution >= 4 is 11.8 Å². The number of ether oxygens (including phenoxy) is 2. The van der Waals surface area contributed by atoms with Crippen LogP contribution in [0, 0.1) is 5.41 Å². The van der Waals surface area contributed by atoms with Gasteiger partial charge in [-0.25, -0.2) is 0 Å². The number of benzene rings is 1. The summed E-state index contributed by atoms with van der Waals surface area (Å²) in [5, 5.41) is 2.92. The molecule has 2 saturated heterocycles. The van der Waals surface area contributed by atoms with Crippen LogP contribution in [0.5, 0.6) is 5.75 Å². The molecule has 0 aromatic heterocycles. The minimum absolute atomic E-state index is 0.0538. The fourth-order valence-corrected chi connectivity index (χ4v) is 5.16. The summed E-state index contributed by atoms with van der Waals surface area (Å²) in [6, 6.07) is 6.12.